The first kappa shape index (κ1) is 20.5. The second kappa shape index (κ2) is 8.19. The van der Waals surface area contributed by atoms with Gasteiger partial charge in [0, 0.05) is 34.8 Å². The molecule has 0 atom stereocenters. The zero-order chi connectivity index (χ0) is 22.1. The molecule has 2 amide bonds. The average Bonchev–Trinajstić information content (AvgIpc) is 3.35. The van der Waals surface area contributed by atoms with E-state index in [-0.39, 0.29) is 17.0 Å². The highest BCUT2D eigenvalue weighted by atomic mass is 32.1. The molecule has 0 saturated carbocycles. The van der Waals surface area contributed by atoms with Gasteiger partial charge in [0.15, 0.2) is 0 Å². The molecule has 9 heteroatoms. The lowest BCUT2D eigenvalue weighted by Gasteiger charge is -2.16. The van der Waals surface area contributed by atoms with E-state index in [1.807, 2.05) is 0 Å². The number of hydrogen-bond acceptors (Lipinski definition) is 6. The van der Waals surface area contributed by atoms with Crippen LogP contribution < -0.4 is 19.7 Å². The van der Waals surface area contributed by atoms with Gasteiger partial charge in [-0.2, -0.15) is 0 Å². The number of hydrogen-bond donors (Lipinski definition) is 1. The van der Waals surface area contributed by atoms with Crippen molar-refractivity contribution in [1.82, 2.24) is 0 Å². The molecule has 2 heterocycles. The van der Waals surface area contributed by atoms with Crippen molar-refractivity contribution >= 4 is 40.1 Å². The van der Waals surface area contributed by atoms with E-state index in [4.69, 9.17) is 9.47 Å². The summed E-state index contributed by atoms with van der Waals surface area (Å²) in [5, 5.41) is 4.71. The van der Waals surface area contributed by atoms with E-state index in [1.165, 1.54) is 25.6 Å². The number of thiophene rings is 1. The number of carbonyl (C=O) groups excluding carboxylic acids is 2. The average molecular weight is 442 g/mol. The molecule has 1 N–H and O–H groups in total. The quantitative estimate of drug-likeness (QED) is 0.572. The smallest absolute Gasteiger partial charge is 0.282 e. The normalized spacial score (nSPS) is 13.7. The Labute approximate surface area is 180 Å². The molecule has 1 aliphatic heterocycles. The summed E-state index contributed by atoms with van der Waals surface area (Å²) in [7, 11) is 2.97. The molecule has 1 aliphatic rings. The molecule has 0 bridgehead atoms. The Morgan fingerprint density at radius 1 is 0.935 bits per heavy atom. The fraction of sp³-hybridized carbons (Fsp3) is 0.0909. The summed E-state index contributed by atoms with van der Waals surface area (Å²) in [5.41, 5.74) is 0.158. The zero-order valence-electron chi connectivity index (χ0n) is 16.4. The van der Waals surface area contributed by atoms with E-state index in [2.05, 4.69) is 5.32 Å². The Balaban J connectivity index is 1.81. The highest BCUT2D eigenvalue weighted by molar-refractivity contribution is 7.11. The van der Waals surface area contributed by atoms with Crippen molar-refractivity contribution in [3.05, 3.63) is 76.1 Å². The second-order valence-corrected chi connectivity index (χ2v) is 7.44. The standard InChI is InChI=1S/C22H16F2N2O4S/c1-29-14-9-13(10-15(11-14)30-2)25-20-19(18-4-3-7-31-18)21(27)26(22(20)28)17-6-5-12(23)8-16(17)24/h3-11,25H,1-2H3. The Hall–Kier alpha value is -3.72. The van der Waals surface area contributed by atoms with Crippen molar-refractivity contribution in [2.24, 2.45) is 0 Å². The zero-order valence-corrected chi connectivity index (χ0v) is 17.3. The molecule has 2 aromatic carbocycles. The summed E-state index contributed by atoms with van der Waals surface area (Å²) < 4.78 is 38.3. The Bertz CT molecular complexity index is 1190. The van der Waals surface area contributed by atoms with E-state index < -0.39 is 23.4 Å². The number of ether oxygens (including phenoxy) is 2. The first-order valence-corrected chi connectivity index (χ1v) is 9.93. The van der Waals surface area contributed by atoms with Crippen LogP contribution in [0.25, 0.3) is 5.57 Å². The maximum Gasteiger partial charge on any atom is 0.282 e. The number of carbonyl (C=O) groups is 2. The highest BCUT2D eigenvalue weighted by Crippen LogP contribution is 2.37. The summed E-state index contributed by atoms with van der Waals surface area (Å²) in [5.74, 6) is -2.36. The number of rotatable bonds is 6. The molecule has 3 aromatic rings. The summed E-state index contributed by atoms with van der Waals surface area (Å²) in [4.78, 5) is 27.7. The summed E-state index contributed by atoms with van der Waals surface area (Å²) in [6.45, 7) is 0. The van der Waals surface area contributed by atoms with Gasteiger partial charge in [0.2, 0.25) is 0 Å². The van der Waals surface area contributed by atoms with Gasteiger partial charge in [-0.15, -0.1) is 11.3 Å². The first-order valence-electron chi connectivity index (χ1n) is 9.05. The Morgan fingerprint density at radius 2 is 1.65 bits per heavy atom. The van der Waals surface area contributed by atoms with Crippen molar-refractivity contribution < 1.29 is 27.8 Å². The number of nitrogens with zero attached hydrogens (tertiary/aromatic N) is 1. The summed E-state index contributed by atoms with van der Waals surface area (Å²) >= 11 is 1.26. The van der Waals surface area contributed by atoms with Crippen LogP contribution in [0.5, 0.6) is 11.5 Å². The number of methoxy groups -OCH3 is 2. The van der Waals surface area contributed by atoms with Gasteiger partial charge in [0.05, 0.1) is 25.5 Å². The van der Waals surface area contributed by atoms with E-state index in [0.717, 1.165) is 12.1 Å². The number of imide groups is 1. The van der Waals surface area contributed by atoms with E-state index in [9.17, 15) is 18.4 Å². The lowest BCUT2D eigenvalue weighted by Crippen LogP contribution is -2.33. The molecule has 0 radical (unpaired) electrons. The van der Waals surface area contributed by atoms with Crippen LogP contribution in [0.3, 0.4) is 0 Å². The van der Waals surface area contributed by atoms with Crippen LogP contribution in [-0.2, 0) is 9.59 Å². The van der Waals surface area contributed by atoms with Crippen molar-refractivity contribution in [1.29, 1.82) is 0 Å². The molecule has 0 saturated heterocycles. The van der Waals surface area contributed by atoms with Crippen molar-refractivity contribution in [3.8, 4) is 11.5 Å². The minimum Gasteiger partial charge on any atom is -0.497 e. The fourth-order valence-corrected chi connectivity index (χ4v) is 3.97. The van der Waals surface area contributed by atoms with E-state index in [1.54, 1.807) is 35.7 Å². The number of anilines is 2. The third-order valence-electron chi connectivity index (χ3n) is 4.62. The molecule has 0 unspecified atom stereocenters. The minimum absolute atomic E-state index is 0.0357. The second-order valence-electron chi connectivity index (χ2n) is 6.50. The molecule has 6 nitrogen and oxygen atoms in total. The summed E-state index contributed by atoms with van der Waals surface area (Å²) in [6.07, 6.45) is 0. The Kier molecular flexibility index (Phi) is 5.43. The van der Waals surface area contributed by atoms with Gasteiger partial charge in [-0.3, -0.25) is 9.59 Å². The van der Waals surface area contributed by atoms with E-state index >= 15 is 0 Å². The van der Waals surface area contributed by atoms with Crippen LogP contribution >= 0.6 is 11.3 Å². The first-order chi connectivity index (χ1) is 14.9. The van der Waals surface area contributed by atoms with E-state index in [0.29, 0.717) is 33.0 Å². The molecule has 4 rings (SSSR count). The molecular formula is C22H16F2N2O4S. The van der Waals surface area contributed by atoms with Crippen LogP contribution in [0, 0.1) is 11.6 Å². The monoisotopic (exact) mass is 442 g/mol. The predicted molar refractivity (Wildman–Crippen MR) is 113 cm³/mol. The van der Waals surface area contributed by atoms with Gasteiger partial charge in [-0.05, 0) is 23.6 Å². The van der Waals surface area contributed by atoms with Gasteiger partial charge in [-0.25, -0.2) is 13.7 Å². The van der Waals surface area contributed by atoms with Crippen LogP contribution in [-0.4, -0.2) is 26.0 Å². The molecule has 0 aliphatic carbocycles. The van der Waals surface area contributed by atoms with Crippen LogP contribution in [0.2, 0.25) is 0 Å². The van der Waals surface area contributed by atoms with Gasteiger partial charge < -0.3 is 14.8 Å². The highest BCUT2D eigenvalue weighted by Gasteiger charge is 2.41. The lowest BCUT2D eigenvalue weighted by atomic mass is 10.1. The SMILES string of the molecule is COc1cc(NC2=C(c3cccs3)C(=O)N(c3ccc(F)cc3F)C2=O)cc(OC)c1. The minimum atomic E-state index is -1.02. The van der Waals surface area contributed by atoms with Gasteiger partial charge in [0.1, 0.15) is 28.8 Å². The van der Waals surface area contributed by atoms with Crippen LogP contribution in [0.1, 0.15) is 4.88 Å². The predicted octanol–water partition coefficient (Wildman–Crippen LogP) is 4.44. The van der Waals surface area contributed by atoms with Gasteiger partial charge in [-0.1, -0.05) is 6.07 Å². The molecule has 0 spiro atoms. The number of benzene rings is 2. The maximum absolute atomic E-state index is 14.4. The third kappa shape index (κ3) is 3.75. The number of nitrogens with one attached hydrogen (secondary N) is 1. The molecule has 0 fully saturated rings. The molecular weight excluding hydrogens is 426 g/mol. The lowest BCUT2D eigenvalue weighted by molar-refractivity contribution is -0.120. The number of amides is 2. The molecule has 31 heavy (non-hydrogen) atoms. The molecule has 1 aromatic heterocycles. The van der Waals surface area contributed by atoms with Gasteiger partial charge >= 0.3 is 0 Å². The molecule has 158 valence electrons. The number of halogens is 2. The maximum atomic E-state index is 14.4. The topological polar surface area (TPSA) is 67.9 Å². The van der Waals surface area contributed by atoms with Crippen LogP contribution in [0.15, 0.2) is 59.6 Å². The largest absolute Gasteiger partial charge is 0.497 e. The van der Waals surface area contributed by atoms with Crippen molar-refractivity contribution in [3.63, 3.8) is 0 Å². The van der Waals surface area contributed by atoms with Gasteiger partial charge in [0.25, 0.3) is 11.8 Å². The fourth-order valence-electron chi connectivity index (χ4n) is 3.20. The summed E-state index contributed by atoms with van der Waals surface area (Å²) in [6, 6.07) is 11.0. The van der Waals surface area contributed by atoms with Crippen molar-refractivity contribution in [2.75, 3.05) is 24.4 Å². The Morgan fingerprint density at radius 3 is 2.23 bits per heavy atom. The van der Waals surface area contributed by atoms with Crippen molar-refractivity contribution in [2.45, 2.75) is 0 Å². The third-order valence-corrected chi connectivity index (χ3v) is 5.51. The van der Waals surface area contributed by atoms with Crippen LogP contribution in [0.4, 0.5) is 20.2 Å².